The lowest BCUT2D eigenvalue weighted by molar-refractivity contribution is 0.0956. The van der Waals surface area contributed by atoms with Crippen LogP contribution in [0.2, 0.25) is 5.02 Å². The van der Waals surface area contributed by atoms with Crippen molar-refractivity contribution in [2.75, 3.05) is 17.6 Å². The third-order valence-corrected chi connectivity index (χ3v) is 10.8. The number of carbonyl (C=O) groups excluding carboxylic acids is 1. The van der Waals surface area contributed by atoms with Crippen molar-refractivity contribution < 1.29 is 9.90 Å². The quantitative estimate of drug-likeness (QED) is 0.0901. The van der Waals surface area contributed by atoms with Crippen LogP contribution in [0.1, 0.15) is 77.6 Å². The normalized spacial score (nSPS) is 18.1. The monoisotopic (exact) mass is 664 g/mol. The second-order valence-electron chi connectivity index (χ2n) is 13.6. The summed E-state index contributed by atoms with van der Waals surface area (Å²) in [6, 6.07) is 30.5. The number of nitrogens with one attached hydrogen (secondary N) is 2. The van der Waals surface area contributed by atoms with Crippen LogP contribution in [-0.2, 0) is 6.42 Å². The van der Waals surface area contributed by atoms with E-state index in [1.807, 2.05) is 54.6 Å². The lowest BCUT2D eigenvalue weighted by atomic mass is 9.78. The molecule has 0 heterocycles. The summed E-state index contributed by atoms with van der Waals surface area (Å²) in [7, 11) is 0. The Morgan fingerprint density at radius 3 is 2.30 bits per heavy atom. The van der Waals surface area contributed by atoms with Gasteiger partial charge in [0.05, 0.1) is 0 Å². The zero-order chi connectivity index (χ0) is 33.0. The number of aliphatic hydroxyl groups is 1. The smallest absolute Gasteiger partial charge is 0.251 e. The molecule has 2 unspecified atom stereocenters. The first-order chi connectivity index (χ1) is 22.7. The Morgan fingerprint density at radius 1 is 0.979 bits per heavy atom. The van der Waals surface area contributed by atoms with Crippen LogP contribution in [-0.4, -0.2) is 29.5 Å². The number of aliphatic hydroxyl groups excluding tert-OH is 1. The zero-order valence-corrected chi connectivity index (χ0v) is 29.0. The van der Waals surface area contributed by atoms with E-state index in [-0.39, 0.29) is 11.8 Å². The molecule has 0 bridgehead atoms. The molecular formula is C41H45ClN2O2S. The number of rotatable bonds is 12. The number of carbonyl (C=O) groups is 1. The fraction of sp³-hybridized carbons (Fsp3) is 0.341. The molecule has 244 valence electrons. The second kappa shape index (κ2) is 14.7. The molecule has 0 radical (unpaired) electrons. The van der Waals surface area contributed by atoms with E-state index in [4.69, 9.17) is 11.6 Å². The predicted molar refractivity (Wildman–Crippen MR) is 199 cm³/mol. The van der Waals surface area contributed by atoms with Gasteiger partial charge in [-0.05, 0) is 132 Å². The van der Waals surface area contributed by atoms with E-state index in [1.165, 1.54) is 36.8 Å². The minimum atomic E-state index is -0.837. The van der Waals surface area contributed by atoms with Crippen LogP contribution in [0.4, 0.5) is 5.69 Å². The molecule has 47 heavy (non-hydrogen) atoms. The van der Waals surface area contributed by atoms with Crippen LogP contribution in [0, 0.1) is 18.3 Å². The maximum Gasteiger partial charge on any atom is 0.251 e. The largest absolute Gasteiger partial charge is 0.373 e. The van der Waals surface area contributed by atoms with Crippen LogP contribution < -0.4 is 10.6 Å². The van der Waals surface area contributed by atoms with Crippen LogP contribution in [0.15, 0.2) is 97.1 Å². The number of hydrogen-bond acceptors (Lipinski definition) is 4. The van der Waals surface area contributed by atoms with Crippen LogP contribution in [0.25, 0.3) is 16.7 Å². The van der Waals surface area contributed by atoms with E-state index < -0.39 is 6.23 Å². The van der Waals surface area contributed by atoms with Crippen molar-refractivity contribution in [3.05, 3.63) is 130 Å². The fourth-order valence-electron chi connectivity index (χ4n) is 6.98. The molecule has 0 aromatic heterocycles. The van der Waals surface area contributed by atoms with Crippen molar-refractivity contribution in [3.8, 4) is 11.1 Å². The highest BCUT2D eigenvalue weighted by Gasteiger charge is 2.44. The molecule has 0 saturated heterocycles. The van der Waals surface area contributed by atoms with Gasteiger partial charge in [0.25, 0.3) is 5.91 Å². The first-order valence-corrected chi connectivity index (χ1v) is 17.8. The highest BCUT2D eigenvalue weighted by atomic mass is 35.5. The number of benzene rings is 4. The van der Waals surface area contributed by atoms with Crippen molar-refractivity contribution in [2.45, 2.75) is 64.5 Å². The van der Waals surface area contributed by atoms with Gasteiger partial charge < -0.3 is 15.7 Å². The average molecular weight is 665 g/mol. The van der Waals surface area contributed by atoms with Crippen molar-refractivity contribution in [2.24, 2.45) is 11.3 Å². The highest BCUT2D eigenvalue weighted by Crippen LogP contribution is 2.56. The molecule has 4 aromatic carbocycles. The Balaban J connectivity index is 1.20. The summed E-state index contributed by atoms with van der Waals surface area (Å²) in [4.78, 5) is 12.4. The Labute approximate surface area is 290 Å². The molecule has 1 amide bonds. The average Bonchev–Trinajstić information content (AvgIpc) is 3.85. The standard InChI is InChI=1S/C41H45ClN2O2S/c1-27-25-35(42)17-20-37(27)31-13-18-36(19-14-31)44-40(46)38(26-28-3-5-33(6-4-28)39(45)43-23-24-47)32-9-7-29(8-10-32)30-11-15-34(16-12-30)41(2)21-22-41/h3-11,13-14,17-20,25,34,38,40,44,46-47H,12,15-16,21-24,26H2,1-2H3,(H,43,45)/t34?,38-,40?/m1/s1. The summed E-state index contributed by atoms with van der Waals surface area (Å²) in [5.41, 5.74) is 10.2. The summed E-state index contributed by atoms with van der Waals surface area (Å²) >= 11 is 10.4. The van der Waals surface area contributed by atoms with Gasteiger partial charge >= 0.3 is 0 Å². The number of anilines is 1. The van der Waals surface area contributed by atoms with E-state index in [1.54, 1.807) is 0 Å². The predicted octanol–water partition coefficient (Wildman–Crippen LogP) is 9.72. The Hall–Kier alpha value is -3.51. The third kappa shape index (κ3) is 8.14. The van der Waals surface area contributed by atoms with Gasteiger partial charge in [0.15, 0.2) is 0 Å². The molecule has 1 saturated carbocycles. The maximum atomic E-state index is 12.4. The third-order valence-electron chi connectivity index (χ3n) is 10.3. The molecule has 3 atom stereocenters. The van der Waals surface area contributed by atoms with Crippen LogP contribution >= 0.6 is 24.2 Å². The highest BCUT2D eigenvalue weighted by molar-refractivity contribution is 7.80. The molecule has 2 aliphatic rings. The fourth-order valence-corrected chi connectivity index (χ4v) is 7.32. The molecule has 6 rings (SSSR count). The molecule has 0 aliphatic heterocycles. The summed E-state index contributed by atoms with van der Waals surface area (Å²) in [6.07, 6.45) is 8.58. The van der Waals surface area contributed by atoms with Gasteiger partial charge in [0, 0.05) is 34.5 Å². The van der Waals surface area contributed by atoms with Crippen molar-refractivity contribution in [1.82, 2.24) is 5.32 Å². The summed E-state index contributed by atoms with van der Waals surface area (Å²) < 4.78 is 0. The number of thiol groups is 1. The summed E-state index contributed by atoms with van der Waals surface area (Å²) in [5, 5.41) is 18.7. The Morgan fingerprint density at radius 2 is 1.68 bits per heavy atom. The Kier molecular flexibility index (Phi) is 10.5. The van der Waals surface area contributed by atoms with Crippen LogP contribution in [0.3, 0.4) is 0 Å². The molecule has 3 N–H and O–H groups in total. The van der Waals surface area contributed by atoms with Gasteiger partial charge in [0.2, 0.25) is 0 Å². The van der Waals surface area contributed by atoms with Crippen molar-refractivity contribution in [1.29, 1.82) is 0 Å². The van der Waals surface area contributed by atoms with E-state index in [0.717, 1.165) is 50.9 Å². The summed E-state index contributed by atoms with van der Waals surface area (Å²) in [6.45, 7) is 5.03. The van der Waals surface area contributed by atoms with E-state index in [9.17, 15) is 9.90 Å². The van der Waals surface area contributed by atoms with Gasteiger partial charge in [-0.2, -0.15) is 12.6 Å². The maximum absolute atomic E-state index is 12.4. The van der Waals surface area contributed by atoms with Crippen LogP contribution in [0.5, 0.6) is 0 Å². The van der Waals surface area contributed by atoms with Gasteiger partial charge in [-0.25, -0.2) is 0 Å². The van der Waals surface area contributed by atoms with Gasteiger partial charge in [-0.15, -0.1) is 0 Å². The minimum Gasteiger partial charge on any atom is -0.373 e. The molecular weight excluding hydrogens is 620 g/mol. The molecule has 2 aliphatic carbocycles. The van der Waals surface area contributed by atoms with Crippen molar-refractivity contribution >= 4 is 41.4 Å². The topological polar surface area (TPSA) is 61.4 Å². The van der Waals surface area contributed by atoms with Gasteiger partial charge in [-0.1, -0.05) is 79.2 Å². The Bertz CT molecular complexity index is 1710. The van der Waals surface area contributed by atoms with E-state index >= 15 is 0 Å². The van der Waals surface area contributed by atoms with Crippen molar-refractivity contribution in [3.63, 3.8) is 0 Å². The lowest BCUT2D eigenvalue weighted by Gasteiger charge is -2.28. The number of halogens is 1. The summed E-state index contributed by atoms with van der Waals surface area (Å²) in [5.74, 6) is 1.09. The SMILES string of the molecule is Cc1cc(Cl)ccc1-c1ccc(NC(O)[C@H](Cc2ccc(C(=O)NCCS)cc2)c2ccc(C3=CCC(C4(C)CC4)CC3)cc2)cc1. The minimum absolute atomic E-state index is 0.105. The zero-order valence-electron chi connectivity index (χ0n) is 27.3. The molecule has 6 heteroatoms. The van der Waals surface area contributed by atoms with Gasteiger partial charge in [-0.3, -0.25) is 4.79 Å². The number of amides is 1. The second-order valence-corrected chi connectivity index (χ2v) is 14.5. The molecule has 4 aromatic rings. The number of aryl methyl sites for hydroxylation is 1. The lowest BCUT2D eigenvalue weighted by Crippen LogP contribution is -2.29. The van der Waals surface area contributed by atoms with Gasteiger partial charge in [0.1, 0.15) is 6.23 Å². The molecule has 1 fully saturated rings. The molecule has 4 nitrogen and oxygen atoms in total. The van der Waals surface area contributed by atoms with E-state index in [0.29, 0.717) is 29.7 Å². The first-order valence-electron chi connectivity index (χ1n) is 16.8. The number of allylic oxidation sites excluding steroid dienone is 2. The number of hydrogen-bond donors (Lipinski definition) is 4. The van der Waals surface area contributed by atoms with E-state index in [2.05, 4.69) is 79.6 Å². The first kappa shape index (κ1) is 33.4. The molecule has 0 spiro atoms.